The van der Waals surface area contributed by atoms with Crippen molar-refractivity contribution in [2.75, 3.05) is 0 Å². The van der Waals surface area contributed by atoms with Gasteiger partial charge in [0, 0.05) is 12.8 Å². The second kappa shape index (κ2) is 14.3. The third kappa shape index (κ3) is 15.5. The lowest BCUT2D eigenvalue weighted by Crippen LogP contribution is -2.42. The van der Waals surface area contributed by atoms with Crippen molar-refractivity contribution in [3.8, 4) is 0 Å². The van der Waals surface area contributed by atoms with Crippen LogP contribution in [0.2, 0.25) is 0 Å². The Labute approximate surface area is 162 Å². The molecule has 0 fully saturated rings. The number of hydrogen-bond donors (Lipinski definition) is 7. The zero-order valence-electron chi connectivity index (χ0n) is 16.0. The topological polar surface area (TPSA) is 236 Å². The third-order valence-corrected chi connectivity index (χ3v) is 3.36. The number of hydrogen-bond acceptors (Lipinski definition) is 7. The molecule has 2 amide bonds. The van der Waals surface area contributed by atoms with Gasteiger partial charge in [0.15, 0.2) is 0 Å². The van der Waals surface area contributed by atoms with E-state index in [4.69, 9.17) is 32.5 Å². The summed E-state index contributed by atoms with van der Waals surface area (Å²) in [5, 5.41) is 28.0. The summed E-state index contributed by atoms with van der Waals surface area (Å²) in [6.45, 7) is 3.70. The molecule has 10 N–H and O–H groups in total. The van der Waals surface area contributed by atoms with Crippen molar-refractivity contribution in [2.24, 2.45) is 23.1 Å². The number of primary amides is 1. The molecule has 0 bridgehead atoms. The van der Waals surface area contributed by atoms with Gasteiger partial charge in [-0.25, -0.2) is 4.79 Å². The molecule has 3 unspecified atom stereocenters. The Morgan fingerprint density at radius 3 is 1.57 bits per heavy atom. The van der Waals surface area contributed by atoms with Crippen LogP contribution in [-0.2, 0) is 24.0 Å². The van der Waals surface area contributed by atoms with Crippen LogP contribution in [0.5, 0.6) is 0 Å². The number of rotatable bonds is 12. The van der Waals surface area contributed by atoms with E-state index < -0.39 is 47.8 Å². The molecular formula is C16H30N4O8. The number of nitrogens with two attached hydrogens (primary N) is 3. The predicted octanol–water partition coefficient (Wildman–Crippen LogP) is -1.54. The lowest BCUT2D eigenvalue weighted by molar-refractivity contribution is -0.142. The van der Waals surface area contributed by atoms with E-state index >= 15 is 0 Å². The molecule has 0 rings (SSSR count). The van der Waals surface area contributed by atoms with Crippen LogP contribution in [0.3, 0.4) is 0 Å². The molecule has 0 aliphatic heterocycles. The van der Waals surface area contributed by atoms with Crippen LogP contribution in [0.4, 0.5) is 0 Å². The number of carboxylic acid groups (broad SMARTS) is 3. The van der Waals surface area contributed by atoms with Gasteiger partial charge in [0.1, 0.15) is 18.1 Å². The third-order valence-electron chi connectivity index (χ3n) is 3.36. The van der Waals surface area contributed by atoms with Gasteiger partial charge in [-0.3, -0.25) is 19.2 Å². The lowest BCUT2D eigenvalue weighted by atomic mass is 10.0. The fourth-order valence-corrected chi connectivity index (χ4v) is 1.79. The Morgan fingerprint density at radius 2 is 1.25 bits per heavy atom. The van der Waals surface area contributed by atoms with Crippen molar-refractivity contribution < 1.29 is 39.3 Å². The molecule has 12 nitrogen and oxygen atoms in total. The molecule has 12 heteroatoms. The predicted molar refractivity (Wildman–Crippen MR) is 97.9 cm³/mol. The minimum atomic E-state index is -1.18. The molecule has 0 saturated carbocycles. The van der Waals surface area contributed by atoms with Crippen LogP contribution < -0.4 is 22.5 Å². The van der Waals surface area contributed by atoms with E-state index in [2.05, 4.69) is 5.32 Å². The van der Waals surface area contributed by atoms with E-state index in [9.17, 15) is 24.0 Å². The summed E-state index contributed by atoms with van der Waals surface area (Å²) in [6, 6.07) is -3.03. The first-order valence-corrected chi connectivity index (χ1v) is 8.55. The van der Waals surface area contributed by atoms with Crippen LogP contribution in [0, 0.1) is 5.92 Å². The standard InChI is InChI=1S/C11H20N2O5.C5H10N2O3/c1-6(2)5-8(11(17)18)13-9(14)4-3-7(12)10(15)16;6-3(5(9)10)1-2-4(7)8/h6-8H,3-5,12H2,1-2H3,(H,13,14)(H,15,16)(H,17,18);3H,1-2,6H2,(H2,7,8)(H,9,10). The summed E-state index contributed by atoms with van der Waals surface area (Å²) in [6.07, 6.45) is 0.328. The van der Waals surface area contributed by atoms with E-state index in [0.29, 0.717) is 6.42 Å². The van der Waals surface area contributed by atoms with E-state index in [1.807, 2.05) is 13.8 Å². The van der Waals surface area contributed by atoms with Gasteiger partial charge in [0.2, 0.25) is 11.8 Å². The molecule has 28 heavy (non-hydrogen) atoms. The number of amides is 2. The molecule has 0 saturated heterocycles. The second-order valence-corrected chi connectivity index (χ2v) is 6.52. The van der Waals surface area contributed by atoms with Crippen LogP contribution in [0.1, 0.15) is 46.0 Å². The van der Waals surface area contributed by atoms with Gasteiger partial charge in [-0.1, -0.05) is 13.8 Å². The van der Waals surface area contributed by atoms with E-state index in [0.717, 1.165) is 0 Å². The summed E-state index contributed by atoms with van der Waals surface area (Å²) in [5.41, 5.74) is 15.1. The van der Waals surface area contributed by atoms with Crippen LogP contribution in [0.15, 0.2) is 0 Å². The highest BCUT2D eigenvalue weighted by molar-refractivity contribution is 5.84. The number of carbonyl (C=O) groups excluding carboxylic acids is 2. The number of carboxylic acids is 3. The maximum atomic E-state index is 11.4. The molecule has 0 aliphatic rings. The highest BCUT2D eigenvalue weighted by atomic mass is 16.4. The van der Waals surface area contributed by atoms with E-state index in [-0.39, 0.29) is 31.6 Å². The number of aliphatic carboxylic acids is 3. The molecule has 0 aromatic carbocycles. The van der Waals surface area contributed by atoms with Crippen molar-refractivity contribution >= 4 is 29.7 Å². The van der Waals surface area contributed by atoms with Crippen LogP contribution in [-0.4, -0.2) is 63.2 Å². The Bertz CT molecular complexity index is 553. The molecular weight excluding hydrogens is 376 g/mol. The van der Waals surface area contributed by atoms with Crippen molar-refractivity contribution in [2.45, 2.75) is 64.1 Å². The molecule has 0 aromatic heterocycles. The highest BCUT2D eigenvalue weighted by Gasteiger charge is 2.22. The first-order chi connectivity index (χ1) is 12.8. The zero-order chi connectivity index (χ0) is 22.4. The Hall–Kier alpha value is -2.73. The molecule has 162 valence electrons. The monoisotopic (exact) mass is 406 g/mol. The summed E-state index contributed by atoms with van der Waals surface area (Å²) in [7, 11) is 0. The lowest BCUT2D eigenvalue weighted by Gasteiger charge is -2.16. The average molecular weight is 406 g/mol. The summed E-state index contributed by atoms with van der Waals surface area (Å²) >= 11 is 0. The largest absolute Gasteiger partial charge is 0.480 e. The molecule has 0 heterocycles. The fraction of sp³-hybridized carbons (Fsp3) is 0.688. The first kappa shape index (κ1) is 27.5. The van der Waals surface area contributed by atoms with Crippen molar-refractivity contribution in [3.05, 3.63) is 0 Å². The van der Waals surface area contributed by atoms with Gasteiger partial charge in [0.05, 0.1) is 0 Å². The zero-order valence-corrected chi connectivity index (χ0v) is 16.0. The molecule has 0 radical (unpaired) electrons. The van der Waals surface area contributed by atoms with Gasteiger partial charge in [0.25, 0.3) is 0 Å². The van der Waals surface area contributed by atoms with Crippen LogP contribution >= 0.6 is 0 Å². The van der Waals surface area contributed by atoms with Gasteiger partial charge >= 0.3 is 17.9 Å². The smallest absolute Gasteiger partial charge is 0.326 e. The molecule has 3 atom stereocenters. The normalized spacial score (nSPS) is 13.5. The Balaban J connectivity index is 0. The van der Waals surface area contributed by atoms with Crippen molar-refractivity contribution in [1.29, 1.82) is 0 Å². The van der Waals surface area contributed by atoms with Gasteiger partial charge in [-0.05, 0) is 25.2 Å². The minimum absolute atomic E-state index is 0.0187. The maximum Gasteiger partial charge on any atom is 0.326 e. The van der Waals surface area contributed by atoms with Gasteiger partial charge in [-0.2, -0.15) is 0 Å². The average Bonchev–Trinajstić information content (AvgIpc) is 2.56. The summed E-state index contributed by atoms with van der Waals surface area (Å²) in [5.74, 6) is -4.29. The first-order valence-electron chi connectivity index (χ1n) is 8.55. The highest BCUT2D eigenvalue weighted by Crippen LogP contribution is 2.06. The van der Waals surface area contributed by atoms with E-state index in [1.165, 1.54) is 0 Å². The number of nitrogens with one attached hydrogen (secondary N) is 1. The van der Waals surface area contributed by atoms with E-state index in [1.54, 1.807) is 0 Å². The minimum Gasteiger partial charge on any atom is -0.480 e. The Kier molecular flexibility index (Phi) is 14.1. The Morgan fingerprint density at radius 1 is 0.821 bits per heavy atom. The SMILES string of the molecule is CC(C)CC(NC(=O)CCC(N)C(=O)O)C(=O)O.NC(=O)CCC(N)C(=O)O. The van der Waals surface area contributed by atoms with Crippen molar-refractivity contribution in [3.63, 3.8) is 0 Å². The summed E-state index contributed by atoms with van der Waals surface area (Å²) < 4.78 is 0. The molecule has 0 aliphatic carbocycles. The maximum absolute atomic E-state index is 11.4. The van der Waals surface area contributed by atoms with Gasteiger partial charge < -0.3 is 37.8 Å². The van der Waals surface area contributed by atoms with Crippen LogP contribution in [0.25, 0.3) is 0 Å². The summed E-state index contributed by atoms with van der Waals surface area (Å²) in [4.78, 5) is 52.9. The van der Waals surface area contributed by atoms with Gasteiger partial charge in [-0.15, -0.1) is 0 Å². The molecule has 0 spiro atoms. The second-order valence-electron chi connectivity index (χ2n) is 6.52. The number of carbonyl (C=O) groups is 5. The molecule has 0 aromatic rings. The van der Waals surface area contributed by atoms with Crippen molar-refractivity contribution in [1.82, 2.24) is 5.32 Å². The quantitative estimate of drug-likeness (QED) is 0.197. The fourth-order valence-electron chi connectivity index (χ4n) is 1.79.